The van der Waals surface area contributed by atoms with Gasteiger partial charge in [-0.1, -0.05) is 26.0 Å². The lowest BCUT2D eigenvalue weighted by molar-refractivity contribution is -0.118. The van der Waals surface area contributed by atoms with Crippen molar-refractivity contribution in [1.82, 2.24) is 4.98 Å². The zero-order valence-corrected chi connectivity index (χ0v) is 14.3. The van der Waals surface area contributed by atoms with E-state index in [-0.39, 0.29) is 12.5 Å². The standard InChI is InChI=1S/C17H19BrN2O2/c1-3-12(2)13-4-7-15(8-5-13)22-11-17(21)20-16-9-6-14(18)10-19-16/h4-10,12H,3,11H2,1-2H3,(H,19,20,21)/t12-/m0/s1. The maximum atomic E-state index is 11.8. The molecule has 1 atom stereocenters. The van der Waals surface area contributed by atoms with E-state index in [1.807, 2.05) is 30.3 Å². The van der Waals surface area contributed by atoms with E-state index in [4.69, 9.17) is 4.74 Å². The number of nitrogens with one attached hydrogen (secondary N) is 1. The van der Waals surface area contributed by atoms with Gasteiger partial charge in [0.25, 0.3) is 5.91 Å². The van der Waals surface area contributed by atoms with Gasteiger partial charge in [-0.2, -0.15) is 0 Å². The van der Waals surface area contributed by atoms with E-state index in [9.17, 15) is 4.79 Å². The Bertz CT molecular complexity index is 612. The van der Waals surface area contributed by atoms with Crippen LogP contribution in [0, 0.1) is 0 Å². The molecular weight excluding hydrogens is 344 g/mol. The molecule has 0 aliphatic carbocycles. The lowest BCUT2D eigenvalue weighted by Crippen LogP contribution is -2.20. The average molecular weight is 363 g/mol. The first-order valence-corrected chi connectivity index (χ1v) is 8.02. The van der Waals surface area contributed by atoms with Gasteiger partial charge in [-0.25, -0.2) is 4.98 Å². The summed E-state index contributed by atoms with van der Waals surface area (Å²) in [6, 6.07) is 11.4. The van der Waals surface area contributed by atoms with Gasteiger partial charge in [0.2, 0.25) is 0 Å². The van der Waals surface area contributed by atoms with E-state index in [2.05, 4.69) is 40.1 Å². The molecule has 5 heteroatoms. The number of carbonyl (C=O) groups excluding carboxylic acids is 1. The van der Waals surface area contributed by atoms with Gasteiger partial charge >= 0.3 is 0 Å². The molecule has 2 rings (SSSR count). The quantitative estimate of drug-likeness (QED) is 0.829. The molecule has 0 aliphatic rings. The molecule has 1 amide bonds. The summed E-state index contributed by atoms with van der Waals surface area (Å²) in [7, 11) is 0. The Morgan fingerprint density at radius 1 is 1.27 bits per heavy atom. The van der Waals surface area contributed by atoms with Crippen molar-refractivity contribution in [2.75, 3.05) is 11.9 Å². The molecule has 0 fully saturated rings. The smallest absolute Gasteiger partial charge is 0.263 e. The zero-order chi connectivity index (χ0) is 15.9. The number of hydrogen-bond acceptors (Lipinski definition) is 3. The van der Waals surface area contributed by atoms with E-state index < -0.39 is 0 Å². The largest absolute Gasteiger partial charge is 0.484 e. The average Bonchev–Trinajstić information content (AvgIpc) is 2.55. The predicted molar refractivity (Wildman–Crippen MR) is 91.2 cm³/mol. The van der Waals surface area contributed by atoms with Gasteiger partial charge in [-0.05, 0) is 58.1 Å². The number of benzene rings is 1. The van der Waals surface area contributed by atoms with E-state index in [0.717, 1.165) is 10.9 Å². The molecule has 0 aliphatic heterocycles. The van der Waals surface area contributed by atoms with Gasteiger partial charge in [-0.3, -0.25) is 4.79 Å². The Morgan fingerprint density at radius 2 is 2.00 bits per heavy atom. The molecular formula is C17H19BrN2O2. The van der Waals surface area contributed by atoms with Crippen LogP contribution in [0.15, 0.2) is 47.1 Å². The topological polar surface area (TPSA) is 51.2 Å². The van der Waals surface area contributed by atoms with Gasteiger partial charge in [-0.15, -0.1) is 0 Å². The molecule has 0 unspecified atom stereocenters. The lowest BCUT2D eigenvalue weighted by Gasteiger charge is -2.10. The maximum Gasteiger partial charge on any atom is 0.263 e. The highest BCUT2D eigenvalue weighted by molar-refractivity contribution is 9.10. The second-order valence-electron chi connectivity index (χ2n) is 5.08. The molecule has 1 heterocycles. The molecule has 0 radical (unpaired) electrons. The van der Waals surface area contributed by atoms with Crippen LogP contribution in [0.4, 0.5) is 5.82 Å². The summed E-state index contributed by atoms with van der Waals surface area (Å²) in [6.45, 7) is 4.31. The van der Waals surface area contributed by atoms with E-state index in [0.29, 0.717) is 17.5 Å². The third kappa shape index (κ3) is 4.84. The molecule has 4 nitrogen and oxygen atoms in total. The number of pyridine rings is 1. The van der Waals surface area contributed by atoms with Crippen molar-refractivity contribution in [3.63, 3.8) is 0 Å². The molecule has 116 valence electrons. The molecule has 22 heavy (non-hydrogen) atoms. The lowest BCUT2D eigenvalue weighted by atomic mass is 9.99. The molecule has 2 aromatic rings. The third-order valence-electron chi connectivity index (χ3n) is 3.43. The van der Waals surface area contributed by atoms with Gasteiger partial charge in [0.15, 0.2) is 6.61 Å². The van der Waals surface area contributed by atoms with Crippen LogP contribution in [0.1, 0.15) is 31.7 Å². The summed E-state index contributed by atoms with van der Waals surface area (Å²) in [5.74, 6) is 1.48. The number of amides is 1. The Morgan fingerprint density at radius 3 is 2.59 bits per heavy atom. The highest BCUT2D eigenvalue weighted by atomic mass is 79.9. The van der Waals surface area contributed by atoms with Crippen LogP contribution in [0.25, 0.3) is 0 Å². The van der Waals surface area contributed by atoms with E-state index in [1.165, 1.54) is 5.56 Å². The first kappa shape index (κ1) is 16.5. The minimum Gasteiger partial charge on any atom is -0.484 e. The van der Waals surface area contributed by atoms with Crippen molar-refractivity contribution in [1.29, 1.82) is 0 Å². The zero-order valence-electron chi connectivity index (χ0n) is 12.7. The Labute approximate surface area is 139 Å². The van der Waals surface area contributed by atoms with Crippen LogP contribution in [-0.2, 0) is 4.79 Å². The molecule has 0 saturated heterocycles. The van der Waals surface area contributed by atoms with Crippen molar-refractivity contribution in [2.45, 2.75) is 26.2 Å². The fourth-order valence-electron chi connectivity index (χ4n) is 1.91. The van der Waals surface area contributed by atoms with Gasteiger partial charge in [0.05, 0.1) is 0 Å². The Balaban J connectivity index is 1.84. The highest BCUT2D eigenvalue weighted by Gasteiger charge is 2.06. The highest BCUT2D eigenvalue weighted by Crippen LogP contribution is 2.21. The molecule has 0 spiro atoms. The molecule has 1 aromatic carbocycles. The van der Waals surface area contributed by atoms with E-state index >= 15 is 0 Å². The number of nitrogens with zero attached hydrogens (tertiary/aromatic N) is 1. The van der Waals surface area contributed by atoms with Crippen LogP contribution < -0.4 is 10.1 Å². The predicted octanol–water partition coefficient (Wildman–Crippen LogP) is 4.38. The summed E-state index contributed by atoms with van der Waals surface area (Å²) in [5.41, 5.74) is 1.28. The van der Waals surface area contributed by atoms with Gasteiger partial charge in [0, 0.05) is 10.7 Å². The number of carbonyl (C=O) groups is 1. The minimum atomic E-state index is -0.235. The fraction of sp³-hybridized carbons (Fsp3) is 0.294. The molecule has 1 N–H and O–H groups in total. The van der Waals surface area contributed by atoms with Gasteiger partial charge in [0.1, 0.15) is 11.6 Å². The normalized spacial score (nSPS) is 11.8. The van der Waals surface area contributed by atoms with Crippen LogP contribution in [-0.4, -0.2) is 17.5 Å². The van der Waals surface area contributed by atoms with Crippen LogP contribution >= 0.6 is 15.9 Å². The van der Waals surface area contributed by atoms with Crippen molar-refractivity contribution in [3.05, 3.63) is 52.6 Å². The second kappa shape index (κ2) is 7.94. The van der Waals surface area contributed by atoms with Crippen LogP contribution in [0.3, 0.4) is 0 Å². The maximum absolute atomic E-state index is 11.8. The van der Waals surface area contributed by atoms with Gasteiger partial charge < -0.3 is 10.1 Å². The fourth-order valence-corrected chi connectivity index (χ4v) is 2.14. The number of aromatic nitrogens is 1. The third-order valence-corrected chi connectivity index (χ3v) is 3.90. The summed E-state index contributed by atoms with van der Waals surface area (Å²) in [4.78, 5) is 15.9. The van der Waals surface area contributed by atoms with Crippen molar-refractivity contribution >= 4 is 27.7 Å². The SMILES string of the molecule is CC[C@H](C)c1ccc(OCC(=O)Nc2ccc(Br)cn2)cc1. The first-order chi connectivity index (χ1) is 10.6. The monoisotopic (exact) mass is 362 g/mol. The number of halogens is 1. The summed E-state index contributed by atoms with van der Waals surface area (Å²) < 4.78 is 6.35. The number of ether oxygens (including phenoxy) is 1. The number of anilines is 1. The molecule has 1 aromatic heterocycles. The first-order valence-electron chi connectivity index (χ1n) is 7.22. The summed E-state index contributed by atoms with van der Waals surface area (Å²) >= 11 is 3.29. The Hall–Kier alpha value is -1.88. The van der Waals surface area contributed by atoms with Crippen LogP contribution in [0.5, 0.6) is 5.75 Å². The minimum absolute atomic E-state index is 0.0412. The van der Waals surface area contributed by atoms with Crippen molar-refractivity contribution in [2.24, 2.45) is 0 Å². The summed E-state index contributed by atoms with van der Waals surface area (Å²) in [5, 5.41) is 2.68. The summed E-state index contributed by atoms with van der Waals surface area (Å²) in [6.07, 6.45) is 2.73. The van der Waals surface area contributed by atoms with Crippen molar-refractivity contribution < 1.29 is 9.53 Å². The van der Waals surface area contributed by atoms with E-state index in [1.54, 1.807) is 12.3 Å². The number of rotatable bonds is 6. The molecule has 0 bridgehead atoms. The van der Waals surface area contributed by atoms with Crippen molar-refractivity contribution in [3.8, 4) is 5.75 Å². The van der Waals surface area contributed by atoms with Crippen LogP contribution in [0.2, 0.25) is 0 Å². The Kier molecular flexibility index (Phi) is 5.95. The molecule has 0 saturated carbocycles. The number of hydrogen-bond donors (Lipinski definition) is 1. The second-order valence-corrected chi connectivity index (χ2v) is 5.99.